The number of nitrogens with one attached hydrogen (secondary N) is 1. The van der Waals surface area contributed by atoms with E-state index in [0.717, 1.165) is 29.4 Å². The van der Waals surface area contributed by atoms with E-state index in [1.807, 2.05) is 18.2 Å². The number of ether oxygens (including phenoxy) is 1. The number of benzene rings is 1. The van der Waals surface area contributed by atoms with E-state index in [1.165, 1.54) is 0 Å². The Hall–Kier alpha value is -0.770. The largest absolute Gasteiger partial charge is 0.496 e. The van der Waals surface area contributed by atoms with Crippen molar-refractivity contribution in [2.75, 3.05) is 34.3 Å². The number of hydrogen-bond acceptors (Lipinski definition) is 3. The fourth-order valence-corrected chi connectivity index (χ4v) is 2.00. The summed E-state index contributed by atoms with van der Waals surface area (Å²) in [5.74, 6) is 0.881. The zero-order valence-electron chi connectivity index (χ0n) is 11.0. The average Bonchev–Trinajstić information content (AvgIpc) is 2.29. The number of methoxy groups -OCH3 is 1. The fourth-order valence-electron chi connectivity index (χ4n) is 1.82. The maximum Gasteiger partial charge on any atom is 0.123 e. The molecule has 1 unspecified atom stereocenters. The lowest BCUT2D eigenvalue weighted by Crippen LogP contribution is -2.31. The second-order valence-corrected chi connectivity index (χ2v) is 4.61. The minimum atomic E-state index is 0.253. The van der Waals surface area contributed by atoms with Crippen molar-refractivity contribution in [3.63, 3.8) is 0 Å². The Morgan fingerprint density at radius 2 is 2.12 bits per heavy atom. The first-order chi connectivity index (χ1) is 8.10. The Kier molecular flexibility index (Phi) is 5.75. The zero-order chi connectivity index (χ0) is 12.8. The summed E-state index contributed by atoms with van der Waals surface area (Å²) in [7, 11) is 5.80. The third-order valence-electron chi connectivity index (χ3n) is 2.76. The van der Waals surface area contributed by atoms with E-state index >= 15 is 0 Å². The van der Waals surface area contributed by atoms with E-state index in [1.54, 1.807) is 7.11 Å². The highest BCUT2D eigenvalue weighted by Gasteiger charge is 2.18. The molecular weight excluding hydrogens is 236 g/mol. The first kappa shape index (κ1) is 14.3. The molecule has 0 aromatic heterocycles. The number of halogens is 1. The zero-order valence-corrected chi connectivity index (χ0v) is 11.7. The Morgan fingerprint density at radius 1 is 1.41 bits per heavy atom. The van der Waals surface area contributed by atoms with E-state index < -0.39 is 0 Å². The van der Waals surface area contributed by atoms with Gasteiger partial charge in [-0.05, 0) is 38.8 Å². The molecule has 0 aliphatic heterocycles. The molecule has 0 spiro atoms. The molecule has 0 saturated carbocycles. The molecule has 1 atom stereocenters. The predicted octanol–water partition coefficient (Wildman–Crippen LogP) is 2.56. The lowest BCUT2D eigenvalue weighted by molar-refractivity contribution is 0.281. The quantitative estimate of drug-likeness (QED) is 0.847. The molecule has 1 aromatic rings. The van der Waals surface area contributed by atoms with Crippen LogP contribution in [0.25, 0.3) is 0 Å². The third kappa shape index (κ3) is 3.87. The van der Waals surface area contributed by atoms with Crippen LogP contribution in [0.15, 0.2) is 18.2 Å². The standard InChI is InChI=1S/C13H21ClN2O/c1-5-15-9-12(16(2)3)11-8-10(14)6-7-13(11)17-4/h6-8,12,15H,5,9H2,1-4H3. The number of rotatable bonds is 6. The Labute approximate surface area is 109 Å². The van der Waals surface area contributed by atoms with Crippen LogP contribution in [0, 0.1) is 0 Å². The predicted molar refractivity (Wildman–Crippen MR) is 73.0 cm³/mol. The summed E-state index contributed by atoms with van der Waals surface area (Å²) in [6.07, 6.45) is 0. The number of hydrogen-bond donors (Lipinski definition) is 1. The Balaban J connectivity index is 3.02. The Morgan fingerprint density at radius 3 is 2.65 bits per heavy atom. The molecule has 1 aromatic carbocycles. The van der Waals surface area contributed by atoms with Gasteiger partial charge >= 0.3 is 0 Å². The first-order valence-corrected chi connectivity index (χ1v) is 6.18. The van der Waals surface area contributed by atoms with Crippen molar-refractivity contribution in [2.45, 2.75) is 13.0 Å². The molecule has 1 rings (SSSR count). The molecule has 3 nitrogen and oxygen atoms in total. The highest BCUT2D eigenvalue weighted by molar-refractivity contribution is 6.30. The van der Waals surface area contributed by atoms with Gasteiger partial charge < -0.3 is 15.0 Å². The van der Waals surface area contributed by atoms with Crippen molar-refractivity contribution >= 4 is 11.6 Å². The molecule has 0 amide bonds. The maximum absolute atomic E-state index is 6.06. The van der Waals surface area contributed by atoms with Crippen LogP contribution in [-0.4, -0.2) is 39.2 Å². The van der Waals surface area contributed by atoms with Crippen molar-refractivity contribution in [3.05, 3.63) is 28.8 Å². The van der Waals surface area contributed by atoms with Gasteiger partial charge in [0.05, 0.1) is 13.2 Å². The molecule has 0 bridgehead atoms. The molecular formula is C13H21ClN2O. The van der Waals surface area contributed by atoms with Crippen LogP contribution in [-0.2, 0) is 0 Å². The number of nitrogens with zero attached hydrogens (tertiary/aromatic N) is 1. The molecule has 0 aliphatic carbocycles. The Bertz CT molecular complexity index is 355. The highest BCUT2D eigenvalue weighted by Crippen LogP contribution is 2.30. The van der Waals surface area contributed by atoms with Crippen LogP contribution in [0.5, 0.6) is 5.75 Å². The van der Waals surface area contributed by atoms with Gasteiger partial charge in [0.25, 0.3) is 0 Å². The van der Waals surface area contributed by atoms with Crippen molar-refractivity contribution < 1.29 is 4.74 Å². The van der Waals surface area contributed by atoms with Gasteiger partial charge in [-0.25, -0.2) is 0 Å². The van der Waals surface area contributed by atoms with Crippen LogP contribution in [0.1, 0.15) is 18.5 Å². The molecule has 17 heavy (non-hydrogen) atoms. The van der Waals surface area contributed by atoms with Crippen LogP contribution < -0.4 is 10.1 Å². The second kappa shape index (κ2) is 6.84. The summed E-state index contributed by atoms with van der Waals surface area (Å²) in [6.45, 7) is 3.93. The summed E-state index contributed by atoms with van der Waals surface area (Å²) < 4.78 is 5.40. The van der Waals surface area contributed by atoms with Crippen molar-refractivity contribution in [1.29, 1.82) is 0 Å². The molecule has 0 radical (unpaired) electrons. The smallest absolute Gasteiger partial charge is 0.123 e. The summed E-state index contributed by atoms with van der Waals surface area (Å²) in [4.78, 5) is 2.16. The van der Waals surface area contributed by atoms with E-state index in [4.69, 9.17) is 16.3 Å². The van der Waals surface area contributed by atoms with Crippen molar-refractivity contribution in [2.24, 2.45) is 0 Å². The first-order valence-electron chi connectivity index (χ1n) is 5.80. The van der Waals surface area contributed by atoms with Gasteiger partial charge in [0.1, 0.15) is 5.75 Å². The monoisotopic (exact) mass is 256 g/mol. The number of likely N-dealkylation sites (N-methyl/N-ethyl adjacent to an activating group) is 2. The molecule has 0 saturated heterocycles. The van der Waals surface area contributed by atoms with Gasteiger partial charge in [0, 0.05) is 17.1 Å². The van der Waals surface area contributed by atoms with Crippen LogP contribution in [0.4, 0.5) is 0 Å². The second-order valence-electron chi connectivity index (χ2n) is 4.17. The lowest BCUT2D eigenvalue weighted by Gasteiger charge is -2.26. The topological polar surface area (TPSA) is 24.5 Å². The molecule has 4 heteroatoms. The minimum absolute atomic E-state index is 0.253. The van der Waals surface area contributed by atoms with Gasteiger partial charge in [-0.1, -0.05) is 18.5 Å². The van der Waals surface area contributed by atoms with Gasteiger partial charge in [-0.15, -0.1) is 0 Å². The van der Waals surface area contributed by atoms with Gasteiger partial charge in [0.2, 0.25) is 0 Å². The summed E-state index contributed by atoms with van der Waals surface area (Å²) >= 11 is 6.06. The highest BCUT2D eigenvalue weighted by atomic mass is 35.5. The van der Waals surface area contributed by atoms with E-state index in [-0.39, 0.29) is 6.04 Å². The molecule has 0 fully saturated rings. The molecule has 0 aliphatic rings. The fraction of sp³-hybridized carbons (Fsp3) is 0.538. The minimum Gasteiger partial charge on any atom is -0.496 e. The molecule has 0 heterocycles. The normalized spacial score (nSPS) is 12.8. The summed E-state index contributed by atoms with van der Waals surface area (Å²) in [5.41, 5.74) is 1.12. The SMILES string of the molecule is CCNCC(c1cc(Cl)ccc1OC)N(C)C. The van der Waals surface area contributed by atoms with E-state index in [0.29, 0.717) is 0 Å². The summed E-state index contributed by atoms with van der Waals surface area (Å²) in [5, 5.41) is 4.10. The molecule has 1 N–H and O–H groups in total. The van der Waals surface area contributed by atoms with E-state index in [2.05, 4.69) is 31.2 Å². The maximum atomic E-state index is 6.06. The summed E-state index contributed by atoms with van der Waals surface area (Å²) in [6, 6.07) is 6.00. The van der Waals surface area contributed by atoms with Gasteiger partial charge in [-0.2, -0.15) is 0 Å². The third-order valence-corrected chi connectivity index (χ3v) is 3.00. The van der Waals surface area contributed by atoms with Gasteiger partial charge in [0.15, 0.2) is 0 Å². The van der Waals surface area contributed by atoms with Crippen molar-refractivity contribution in [3.8, 4) is 5.75 Å². The van der Waals surface area contributed by atoms with Gasteiger partial charge in [-0.3, -0.25) is 0 Å². The lowest BCUT2D eigenvalue weighted by atomic mass is 10.0. The average molecular weight is 257 g/mol. The van der Waals surface area contributed by atoms with Crippen LogP contribution in [0.2, 0.25) is 5.02 Å². The van der Waals surface area contributed by atoms with Crippen molar-refractivity contribution in [1.82, 2.24) is 10.2 Å². The molecule has 96 valence electrons. The van der Waals surface area contributed by atoms with Crippen LogP contribution in [0.3, 0.4) is 0 Å². The van der Waals surface area contributed by atoms with E-state index in [9.17, 15) is 0 Å². The van der Waals surface area contributed by atoms with Crippen LogP contribution >= 0.6 is 11.6 Å².